The Hall–Kier alpha value is -1.11. The summed E-state index contributed by atoms with van der Waals surface area (Å²) < 4.78 is 5.31. The molecule has 0 amide bonds. The lowest BCUT2D eigenvalue weighted by Crippen LogP contribution is -2.42. The first-order chi connectivity index (χ1) is 8.66. The van der Waals surface area contributed by atoms with E-state index in [-0.39, 0.29) is 6.04 Å². The van der Waals surface area contributed by atoms with Crippen LogP contribution < -0.4 is 11.1 Å². The molecule has 1 aliphatic rings. The highest BCUT2D eigenvalue weighted by Crippen LogP contribution is 2.23. The molecule has 0 saturated carbocycles. The Balaban J connectivity index is 1.90. The summed E-state index contributed by atoms with van der Waals surface area (Å²) in [6.45, 7) is 6.53. The number of nitrogen functional groups attached to an aromatic ring is 1. The first kappa shape index (κ1) is 13.3. The average Bonchev–Trinajstić information content (AvgIpc) is 2.36. The Bertz CT molecular complexity index is 397. The summed E-state index contributed by atoms with van der Waals surface area (Å²) in [5, 5.41) is 3.63. The van der Waals surface area contributed by atoms with Gasteiger partial charge in [0.05, 0.1) is 13.2 Å². The van der Waals surface area contributed by atoms with E-state index >= 15 is 0 Å². The maximum atomic E-state index is 6.03. The van der Waals surface area contributed by atoms with E-state index in [1.165, 1.54) is 6.33 Å². The topological polar surface area (TPSA) is 76.3 Å². The molecule has 1 aromatic heterocycles. The Morgan fingerprint density at radius 1 is 1.50 bits per heavy atom. The third-order valence-electron chi connectivity index (χ3n) is 2.84. The molecule has 0 bridgehead atoms. The van der Waals surface area contributed by atoms with Gasteiger partial charge in [-0.25, -0.2) is 9.97 Å². The predicted octanol–water partition coefficient (Wildman–Crippen LogP) is 0.845. The molecular formula is C11H18ClN5O. The van der Waals surface area contributed by atoms with Crippen LogP contribution in [0.25, 0.3) is 0 Å². The molecule has 18 heavy (non-hydrogen) atoms. The lowest BCUT2D eigenvalue weighted by molar-refractivity contribution is 0.0368. The number of nitrogens with two attached hydrogens (primary N) is 1. The average molecular weight is 272 g/mol. The third-order valence-corrected chi connectivity index (χ3v) is 3.21. The van der Waals surface area contributed by atoms with E-state index in [0.29, 0.717) is 16.7 Å². The smallest absolute Gasteiger partial charge is 0.150 e. The van der Waals surface area contributed by atoms with Crippen LogP contribution in [0.5, 0.6) is 0 Å². The van der Waals surface area contributed by atoms with Crippen LogP contribution in [-0.4, -0.2) is 53.8 Å². The molecule has 2 rings (SSSR count). The van der Waals surface area contributed by atoms with Crippen LogP contribution in [0, 0.1) is 0 Å². The number of nitrogens with zero attached hydrogens (tertiary/aromatic N) is 3. The minimum atomic E-state index is 0.231. The minimum Gasteiger partial charge on any atom is -0.382 e. The van der Waals surface area contributed by atoms with Crippen LogP contribution in [0.4, 0.5) is 11.6 Å². The third kappa shape index (κ3) is 3.44. The van der Waals surface area contributed by atoms with Gasteiger partial charge >= 0.3 is 0 Å². The number of morpholine rings is 1. The van der Waals surface area contributed by atoms with Crippen LogP contribution in [0.2, 0.25) is 5.02 Å². The van der Waals surface area contributed by atoms with E-state index in [4.69, 9.17) is 22.1 Å². The lowest BCUT2D eigenvalue weighted by atomic mass is 10.3. The summed E-state index contributed by atoms with van der Waals surface area (Å²) in [4.78, 5) is 10.3. The van der Waals surface area contributed by atoms with E-state index in [1.54, 1.807) is 0 Å². The minimum absolute atomic E-state index is 0.231. The fourth-order valence-corrected chi connectivity index (χ4v) is 2.09. The molecule has 0 aromatic carbocycles. The molecule has 1 atom stereocenters. The van der Waals surface area contributed by atoms with Gasteiger partial charge in [0.25, 0.3) is 0 Å². The van der Waals surface area contributed by atoms with Crippen molar-refractivity contribution in [1.29, 1.82) is 0 Å². The molecule has 2 heterocycles. The van der Waals surface area contributed by atoms with Gasteiger partial charge in [0.2, 0.25) is 0 Å². The van der Waals surface area contributed by atoms with Crippen LogP contribution in [0.3, 0.4) is 0 Å². The second-order valence-electron chi connectivity index (χ2n) is 4.38. The van der Waals surface area contributed by atoms with Crippen LogP contribution in [-0.2, 0) is 4.74 Å². The number of hydrogen-bond acceptors (Lipinski definition) is 6. The van der Waals surface area contributed by atoms with E-state index in [9.17, 15) is 0 Å². The molecule has 3 N–H and O–H groups in total. The highest BCUT2D eigenvalue weighted by Gasteiger charge is 2.15. The van der Waals surface area contributed by atoms with Crippen LogP contribution >= 0.6 is 11.6 Å². The highest BCUT2D eigenvalue weighted by molar-refractivity contribution is 6.35. The van der Waals surface area contributed by atoms with Gasteiger partial charge in [-0.1, -0.05) is 11.6 Å². The number of nitrogens with one attached hydrogen (secondary N) is 1. The summed E-state index contributed by atoms with van der Waals surface area (Å²) in [5.41, 5.74) is 5.63. The van der Waals surface area contributed by atoms with Crippen molar-refractivity contribution in [3.05, 3.63) is 11.3 Å². The van der Waals surface area contributed by atoms with Crippen molar-refractivity contribution in [3.8, 4) is 0 Å². The van der Waals surface area contributed by atoms with Crippen molar-refractivity contribution in [3.63, 3.8) is 0 Å². The highest BCUT2D eigenvalue weighted by atomic mass is 35.5. The number of aromatic nitrogens is 2. The van der Waals surface area contributed by atoms with Crippen molar-refractivity contribution in [2.24, 2.45) is 0 Å². The van der Waals surface area contributed by atoms with Gasteiger partial charge in [-0.15, -0.1) is 0 Å². The molecule has 100 valence electrons. The lowest BCUT2D eigenvalue weighted by Gasteiger charge is -2.29. The van der Waals surface area contributed by atoms with E-state index in [0.717, 1.165) is 32.8 Å². The van der Waals surface area contributed by atoms with Crippen molar-refractivity contribution >= 4 is 23.2 Å². The first-order valence-electron chi connectivity index (χ1n) is 5.99. The zero-order valence-corrected chi connectivity index (χ0v) is 11.2. The molecule has 1 unspecified atom stereocenters. The van der Waals surface area contributed by atoms with Crippen molar-refractivity contribution in [2.45, 2.75) is 13.0 Å². The zero-order valence-electron chi connectivity index (χ0n) is 10.4. The van der Waals surface area contributed by atoms with Crippen LogP contribution in [0.1, 0.15) is 6.92 Å². The zero-order chi connectivity index (χ0) is 13.0. The summed E-state index contributed by atoms with van der Waals surface area (Å²) >= 11 is 6.03. The number of ether oxygens (including phenoxy) is 1. The van der Waals surface area contributed by atoms with Gasteiger partial charge in [0, 0.05) is 25.7 Å². The fourth-order valence-electron chi connectivity index (χ4n) is 1.93. The molecule has 0 aliphatic carbocycles. The Morgan fingerprint density at radius 2 is 2.22 bits per heavy atom. The second-order valence-corrected chi connectivity index (χ2v) is 4.76. The quantitative estimate of drug-likeness (QED) is 0.845. The standard InChI is InChI=1S/C11H18ClN5O/c1-8(6-17-2-4-18-5-3-17)16-11-9(12)10(13)14-7-15-11/h7-8H,2-6H2,1H3,(H3,13,14,15,16). The summed E-state index contributed by atoms with van der Waals surface area (Å²) in [5.74, 6) is 0.887. The summed E-state index contributed by atoms with van der Waals surface area (Å²) in [6.07, 6.45) is 1.41. The molecule has 0 radical (unpaired) electrons. The summed E-state index contributed by atoms with van der Waals surface area (Å²) in [6, 6.07) is 0.231. The molecule has 1 saturated heterocycles. The van der Waals surface area contributed by atoms with Crippen molar-refractivity contribution < 1.29 is 4.74 Å². The normalized spacial score (nSPS) is 18.6. The molecular weight excluding hydrogens is 254 g/mol. The van der Waals surface area contributed by atoms with Gasteiger partial charge in [-0.2, -0.15) is 0 Å². The Kier molecular flexibility index (Phi) is 4.57. The molecule has 7 heteroatoms. The number of halogens is 1. The van der Waals surface area contributed by atoms with Gasteiger partial charge in [0.1, 0.15) is 17.2 Å². The molecule has 0 spiro atoms. The Labute approximate surface area is 111 Å². The van der Waals surface area contributed by atoms with E-state index in [1.807, 2.05) is 0 Å². The molecule has 6 nitrogen and oxygen atoms in total. The van der Waals surface area contributed by atoms with Gasteiger partial charge in [-0.3, -0.25) is 4.90 Å². The Morgan fingerprint density at radius 3 is 2.94 bits per heavy atom. The maximum Gasteiger partial charge on any atom is 0.150 e. The van der Waals surface area contributed by atoms with Gasteiger partial charge in [0.15, 0.2) is 5.82 Å². The van der Waals surface area contributed by atoms with Crippen LogP contribution in [0.15, 0.2) is 6.33 Å². The number of hydrogen-bond donors (Lipinski definition) is 2. The monoisotopic (exact) mass is 271 g/mol. The predicted molar refractivity (Wildman–Crippen MR) is 71.8 cm³/mol. The first-order valence-corrected chi connectivity index (χ1v) is 6.37. The van der Waals surface area contributed by atoms with E-state index < -0.39 is 0 Å². The SMILES string of the molecule is CC(CN1CCOCC1)Nc1ncnc(N)c1Cl. The molecule has 1 fully saturated rings. The maximum absolute atomic E-state index is 6.03. The van der Waals surface area contributed by atoms with Crippen molar-refractivity contribution in [1.82, 2.24) is 14.9 Å². The molecule has 1 aromatic rings. The number of anilines is 2. The summed E-state index contributed by atoms with van der Waals surface area (Å²) in [7, 11) is 0. The van der Waals surface area contributed by atoms with E-state index in [2.05, 4.69) is 27.1 Å². The van der Waals surface area contributed by atoms with Crippen molar-refractivity contribution in [2.75, 3.05) is 43.9 Å². The largest absolute Gasteiger partial charge is 0.382 e. The fraction of sp³-hybridized carbons (Fsp3) is 0.636. The molecule has 1 aliphatic heterocycles. The number of rotatable bonds is 4. The van der Waals surface area contributed by atoms with Gasteiger partial charge in [-0.05, 0) is 6.92 Å². The van der Waals surface area contributed by atoms with Gasteiger partial charge < -0.3 is 15.8 Å². The second kappa shape index (κ2) is 6.17.